The number of Topliss-reactive ketones (excluding diaryl/α,β-unsaturated/α-hetero) is 1. The van der Waals surface area contributed by atoms with Crippen LogP contribution in [0.1, 0.15) is 47.0 Å². The van der Waals surface area contributed by atoms with Crippen LogP contribution in [0.25, 0.3) is 0 Å². The molecule has 162 valence electrons. The van der Waals surface area contributed by atoms with Crippen LogP contribution in [0.4, 0.5) is 0 Å². The van der Waals surface area contributed by atoms with E-state index >= 15 is 0 Å². The Bertz CT molecular complexity index is 570. The van der Waals surface area contributed by atoms with Crippen LogP contribution in [0.15, 0.2) is 0 Å². The number of esters is 1. The second-order valence-corrected chi connectivity index (χ2v) is 10.3. The Kier molecular flexibility index (Phi) is 11.8. The maximum atomic E-state index is 13.0. The van der Waals surface area contributed by atoms with Gasteiger partial charge >= 0.3 is 13.6 Å². The number of carbonyl (C=O) groups excluding carboxylic acids is 2. The lowest BCUT2D eigenvalue weighted by atomic mass is 9.95. The number of carbonyl (C=O) groups is 2. The van der Waals surface area contributed by atoms with E-state index < -0.39 is 24.7 Å². The van der Waals surface area contributed by atoms with Crippen molar-refractivity contribution in [2.45, 2.75) is 52.2 Å². The zero-order chi connectivity index (χ0) is 21.2. The summed E-state index contributed by atoms with van der Waals surface area (Å²) in [5.74, 6) is -1.67. The van der Waals surface area contributed by atoms with Crippen molar-refractivity contribution in [3.63, 3.8) is 0 Å². The Balaban J connectivity index is 3.02. The lowest BCUT2D eigenvalue weighted by Gasteiger charge is -2.25. The van der Waals surface area contributed by atoms with Crippen molar-refractivity contribution in [2.24, 2.45) is 11.8 Å². The number of ketones is 1. The number of thiocarbonyl (C=S) groups is 1. The molecule has 10 heteroatoms. The largest absolute Gasteiger partial charge is 0.479 e. The summed E-state index contributed by atoms with van der Waals surface area (Å²) in [4.78, 5) is 25.1. The third-order valence-corrected chi connectivity index (χ3v) is 7.84. The van der Waals surface area contributed by atoms with Gasteiger partial charge in [0.25, 0.3) is 0 Å². The van der Waals surface area contributed by atoms with Crippen molar-refractivity contribution in [1.82, 2.24) is 0 Å². The molecule has 1 saturated carbocycles. The Morgan fingerprint density at radius 1 is 1.04 bits per heavy atom. The number of hydrogen-bond acceptors (Lipinski definition) is 9. The van der Waals surface area contributed by atoms with Gasteiger partial charge in [-0.15, -0.1) is 0 Å². The fourth-order valence-electron chi connectivity index (χ4n) is 2.72. The van der Waals surface area contributed by atoms with Crippen LogP contribution >= 0.6 is 31.6 Å². The summed E-state index contributed by atoms with van der Waals surface area (Å²) >= 11 is 6.39. The minimum absolute atomic E-state index is 0.0282. The second kappa shape index (κ2) is 13.0. The van der Waals surface area contributed by atoms with E-state index in [1.54, 1.807) is 20.8 Å². The SMILES string of the molecule is CCOC(=O)C(CC(CP(=O)(OCC)OCC)SC(=S)OCC)C(=O)C1CC1. The molecular formula is C18H31O7PS2. The number of ether oxygens (including phenoxy) is 2. The molecule has 0 aromatic heterocycles. The lowest BCUT2D eigenvalue weighted by Crippen LogP contribution is -2.32. The fourth-order valence-corrected chi connectivity index (χ4v) is 6.56. The van der Waals surface area contributed by atoms with Gasteiger partial charge in [-0.05, 0) is 59.2 Å². The van der Waals surface area contributed by atoms with E-state index in [4.69, 9.17) is 30.7 Å². The van der Waals surface area contributed by atoms with E-state index in [2.05, 4.69) is 0 Å². The molecule has 7 nitrogen and oxygen atoms in total. The first-order valence-electron chi connectivity index (χ1n) is 9.71. The van der Waals surface area contributed by atoms with E-state index in [0.717, 1.165) is 12.8 Å². The van der Waals surface area contributed by atoms with Gasteiger partial charge in [0.2, 0.25) is 4.38 Å². The Labute approximate surface area is 177 Å². The van der Waals surface area contributed by atoms with Crippen LogP contribution in [-0.2, 0) is 32.7 Å². The van der Waals surface area contributed by atoms with Gasteiger partial charge in [-0.3, -0.25) is 14.2 Å². The molecule has 2 atom stereocenters. The van der Waals surface area contributed by atoms with Crippen LogP contribution in [-0.4, -0.2) is 54.0 Å². The highest BCUT2D eigenvalue weighted by atomic mass is 32.2. The summed E-state index contributed by atoms with van der Waals surface area (Å²) < 4.78 is 34.5. The summed E-state index contributed by atoms with van der Waals surface area (Å²) in [6.45, 7) is 8.03. The number of rotatable bonds is 14. The molecule has 0 aromatic rings. The molecule has 28 heavy (non-hydrogen) atoms. The van der Waals surface area contributed by atoms with Gasteiger partial charge in [0.05, 0.1) is 32.6 Å². The van der Waals surface area contributed by atoms with Crippen molar-refractivity contribution in [3.05, 3.63) is 0 Å². The molecule has 0 amide bonds. The third kappa shape index (κ3) is 8.91. The molecular weight excluding hydrogens is 423 g/mol. The molecule has 0 radical (unpaired) electrons. The molecule has 1 fully saturated rings. The normalized spacial score (nSPS) is 16.3. The molecule has 0 N–H and O–H groups in total. The van der Waals surface area contributed by atoms with Crippen LogP contribution in [0.3, 0.4) is 0 Å². The first-order chi connectivity index (χ1) is 13.3. The van der Waals surface area contributed by atoms with Gasteiger partial charge in [0, 0.05) is 11.2 Å². The van der Waals surface area contributed by atoms with Gasteiger partial charge in [-0.2, -0.15) is 0 Å². The summed E-state index contributed by atoms with van der Waals surface area (Å²) in [6.07, 6.45) is 1.76. The Hall–Kier alpha value is -0.470. The van der Waals surface area contributed by atoms with Crippen molar-refractivity contribution in [1.29, 1.82) is 0 Å². The van der Waals surface area contributed by atoms with Crippen molar-refractivity contribution >= 4 is 47.7 Å². The highest BCUT2D eigenvalue weighted by molar-refractivity contribution is 8.23. The van der Waals surface area contributed by atoms with Gasteiger partial charge < -0.3 is 18.5 Å². The van der Waals surface area contributed by atoms with Crippen LogP contribution in [0.2, 0.25) is 0 Å². The predicted molar refractivity (Wildman–Crippen MR) is 114 cm³/mol. The highest BCUT2D eigenvalue weighted by Gasteiger charge is 2.42. The fraction of sp³-hybridized carbons (Fsp3) is 0.833. The van der Waals surface area contributed by atoms with Crippen LogP contribution in [0, 0.1) is 11.8 Å². The molecule has 2 unspecified atom stereocenters. The summed E-state index contributed by atoms with van der Waals surface area (Å²) in [7, 11) is -3.39. The predicted octanol–water partition coefficient (Wildman–Crippen LogP) is 4.22. The van der Waals surface area contributed by atoms with Gasteiger partial charge in [0.1, 0.15) is 11.7 Å². The molecule has 0 aliphatic heterocycles. The van der Waals surface area contributed by atoms with E-state index in [1.165, 1.54) is 11.8 Å². The zero-order valence-electron chi connectivity index (χ0n) is 17.0. The smallest absolute Gasteiger partial charge is 0.331 e. The second-order valence-electron chi connectivity index (χ2n) is 6.27. The zero-order valence-corrected chi connectivity index (χ0v) is 19.5. The lowest BCUT2D eigenvalue weighted by molar-refractivity contribution is -0.152. The quantitative estimate of drug-likeness (QED) is 0.166. The van der Waals surface area contributed by atoms with Gasteiger partial charge in [0.15, 0.2) is 0 Å². The molecule has 0 saturated heterocycles. The first kappa shape index (κ1) is 25.6. The average Bonchev–Trinajstić information content (AvgIpc) is 3.44. The standard InChI is InChI=1S/C18H31O7PS2/c1-5-22-17(20)15(16(19)13-9-10-13)11-14(28-18(27)23-6-2)12-26(21,24-7-3)25-8-4/h13-15H,5-12H2,1-4H3. The molecule has 1 aliphatic carbocycles. The molecule has 1 aliphatic rings. The topological polar surface area (TPSA) is 88.1 Å². The molecule has 0 aromatic carbocycles. The van der Waals surface area contributed by atoms with E-state index in [-0.39, 0.29) is 48.5 Å². The van der Waals surface area contributed by atoms with Crippen LogP contribution < -0.4 is 0 Å². The third-order valence-electron chi connectivity index (χ3n) is 4.00. The molecule has 0 spiro atoms. The molecule has 0 heterocycles. The van der Waals surface area contributed by atoms with Crippen molar-refractivity contribution < 1.29 is 32.7 Å². The number of hydrogen-bond donors (Lipinski definition) is 0. The highest BCUT2D eigenvalue weighted by Crippen LogP contribution is 2.51. The van der Waals surface area contributed by atoms with Crippen molar-refractivity contribution in [3.8, 4) is 0 Å². The summed E-state index contributed by atoms with van der Waals surface area (Å²) in [5.41, 5.74) is 0. The Morgan fingerprint density at radius 3 is 2.07 bits per heavy atom. The number of thioether (sulfide) groups is 1. The maximum absolute atomic E-state index is 13.0. The Morgan fingerprint density at radius 2 is 1.61 bits per heavy atom. The van der Waals surface area contributed by atoms with E-state index in [9.17, 15) is 14.2 Å². The van der Waals surface area contributed by atoms with Gasteiger partial charge in [-0.25, -0.2) is 0 Å². The minimum atomic E-state index is -3.39. The van der Waals surface area contributed by atoms with Gasteiger partial charge in [-0.1, -0.05) is 11.8 Å². The summed E-state index contributed by atoms with van der Waals surface area (Å²) in [5, 5.41) is -0.444. The van der Waals surface area contributed by atoms with Crippen molar-refractivity contribution in [2.75, 3.05) is 32.6 Å². The van der Waals surface area contributed by atoms with E-state index in [0.29, 0.717) is 6.61 Å². The minimum Gasteiger partial charge on any atom is -0.479 e. The molecule has 1 rings (SSSR count). The maximum Gasteiger partial charge on any atom is 0.331 e. The van der Waals surface area contributed by atoms with E-state index in [1.807, 2.05) is 6.92 Å². The monoisotopic (exact) mass is 454 g/mol. The average molecular weight is 455 g/mol. The first-order valence-corrected chi connectivity index (χ1v) is 12.7. The molecule has 0 bridgehead atoms. The summed E-state index contributed by atoms with van der Waals surface area (Å²) in [6, 6.07) is 0. The van der Waals surface area contributed by atoms with Crippen LogP contribution in [0.5, 0.6) is 0 Å².